The van der Waals surface area contributed by atoms with Gasteiger partial charge in [-0.05, 0) is 36.4 Å². The zero-order chi connectivity index (χ0) is 15.2. The Morgan fingerprint density at radius 2 is 1.52 bits per heavy atom. The van der Waals surface area contributed by atoms with E-state index < -0.39 is 5.97 Å². The van der Waals surface area contributed by atoms with Crippen molar-refractivity contribution >= 4 is 17.6 Å². The van der Waals surface area contributed by atoms with E-state index in [1.165, 1.54) is 7.11 Å². The van der Waals surface area contributed by atoms with E-state index in [1.807, 2.05) is 30.3 Å². The maximum atomic E-state index is 12.1. The lowest BCUT2D eigenvalue weighted by Crippen LogP contribution is -2.39. The van der Waals surface area contributed by atoms with Crippen molar-refractivity contribution in [1.82, 2.24) is 5.43 Å². The number of methoxy groups -OCH3 is 1. The number of hydrazine groups is 1. The van der Waals surface area contributed by atoms with Gasteiger partial charge in [-0.15, -0.1) is 0 Å². The van der Waals surface area contributed by atoms with Crippen molar-refractivity contribution in [2.75, 3.05) is 19.2 Å². The van der Waals surface area contributed by atoms with E-state index in [-0.39, 0.29) is 5.91 Å². The molecule has 0 saturated heterocycles. The van der Waals surface area contributed by atoms with Crippen molar-refractivity contribution in [2.45, 2.75) is 0 Å². The summed E-state index contributed by atoms with van der Waals surface area (Å²) in [5, 5.41) is 1.64. The van der Waals surface area contributed by atoms with Gasteiger partial charge in [0.1, 0.15) is 0 Å². The van der Waals surface area contributed by atoms with Crippen LogP contribution in [0, 0.1) is 0 Å². The van der Waals surface area contributed by atoms with Crippen LogP contribution in [-0.2, 0) is 4.74 Å². The highest BCUT2D eigenvalue weighted by Crippen LogP contribution is 2.10. The summed E-state index contributed by atoms with van der Waals surface area (Å²) in [6.45, 7) is 0. The number of amides is 1. The van der Waals surface area contributed by atoms with E-state index in [0.29, 0.717) is 11.1 Å². The summed E-state index contributed by atoms with van der Waals surface area (Å²) < 4.78 is 4.61. The van der Waals surface area contributed by atoms with E-state index in [4.69, 9.17) is 0 Å². The number of carbonyl (C=O) groups excluding carboxylic acids is 2. The number of esters is 1. The van der Waals surface area contributed by atoms with Gasteiger partial charge in [-0.3, -0.25) is 15.2 Å². The van der Waals surface area contributed by atoms with E-state index in [1.54, 1.807) is 36.3 Å². The number of carbonyl (C=O) groups is 2. The molecular formula is C16H16N2O3. The molecule has 0 heterocycles. The fraction of sp³-hybridized carbons (Fsp3) is 0.125. The highest BCUT2D eigenvalue weighted by molar-refractivity contribution is 5.96. The molecule has 5 heteroatoms. The second kappa shape index (κ2) is 6.56. The summed E-state index contributed by atoms with van der Waals surface area (Å²) in [4.78, 5) is 23.4. The quantitative estimate of drug-likeness (QED) is 0.691. The molecule has 0 aliphatic rings. The van der Waals surface area contributed by atoms with Crippen LogP contribution in [-0.4, -0.2) is 26.0 Å². The molecule has 0 radical (unpaired) electrons. The number of rotatable bonds is 4. The van der Waals surface area contributed by atoms with Gasteiger partial charge in [0.2, 0.25) is 0 Å². The van der Waals surface area contributed by atoms with E-state index >= 15 is 0 Å². The predicted molar refractivity (Wildman–Crippen MR) is 80.1 cm³/mol. The molecule has 0 fully saturated rings. The van der Waals surface area contributed by atoms with E-state index in [2.05, 4.69) is 10.2 Å². The first-order valence-corrected chi connectivity index (χ1v) is 6.40. The number of hydrogen-bond donors (Lipinski definition) is 1. The van der Waals surface area contributed by atoms with Crippen molar-refractivity contribution in [2.24, 2.45) is 0 Å². The van der Waals surface area contributed by atoms with Gasteiger partial charge in [0.25, 0.3) is 5.91 Å². The van der Waals surface area contributed by atoms with Crippen LogP contribution in [0.1, 0.15) is 20.7 Å². The molecule has 0 spiro atoms. The zero-order valence-corrected chi connectivity index (χ0v) is 11.9. The average Bonchev–Trinajstić information content (AvgIpc) is 2.55. The number of nitrogens with zero attached hydrogens (tertiary/aromatic N) is 1. The van der Waals surface area contributed by atoms with Gasteiger partial charge in [-0.1, -0.05) is 18.2 Å². The number of ether oxygens (including phenoxy) is 1. The smallest absolute Gasteiger partial charge is 0.337 e. The monoisotopic (exact) mass is 284 g/mol. The second-order valence-electron chi connectivity index (χ2n) is 4.40. The topological polar surface area (TPSA) is 58.6 Å². The van der Waals surface area contributed by atoms with Crippen LogP contribution in [0.5, 0.6) is 0 Å². The molecule has 0 unspecified atom stereocenters. The van der Waals surface area contributed by atoms with Crippen LogP contribution in [0.4, 0.5) is 5.69 Å². The Balaban J connectivity index is 2.05. The fourth-order valence-corrected chi connectivity index (χ4v) is 1.81. The lowest BCUT2D eigenvalue weighted by molar-refractivity contribution is 0.0600. The third-order valence-corrected chi connectivity index (χ3v) is 2.98. The third-order valence-electron chi connectivity index (χ3n) is 2.98. The number of hydrogen-bond acceptors (Lipinski definition) is 4. The largest absolute Gasteiger partial charge is 0.465 e. The van der Waals surface area contributed by atoms with E-state index in [9.17, 15) is 9.59 Å². The molecule has 0 aliphatic carbocycles. The number of para-hydroxylation sites is 1. The Bertz CT molecular complexity index is 624. The van der Waals surface area contributed by atoms with Gasteiger partial charge in [-0.25, -0.2) is 4.79 Å². The Morgan fingerprint density at radius 1 is 0.952 bits per heavy atom. The van der Waals surface area contributed by atoms with E-state index in [0.717, 1.165) is 5.69 Å². The minimum atomic E-state index is -0.427. The zero-order valence-electron chi connectivity index (χ0n) is 11.9. The second-order valence-corrected chi connectivity index (χ2v) is 4.40. The number of anilines is 1. The van der Waals surface area contributed by atoms with Crippen molar-refractivity contribution < 1.29 is 14.3 Å². The Kier molecular flexibility index (Phi) is 4.56. The summed E-state index contributed by atoms with van der Waals surface area (Å²) in [6, 6.07) is 15.8. The summed E-state index contributed by atoms with van der Waals surface area (Å²) >= 11 is 0. The fourth-order valence-electron chi connectivity index (χ4n) is 1.81. The maximum absolute atomic E-state index is 12.1. The molecular weight excluding hydrogens is 268 g/mol. The van der Waals surface area contributed by atoms with Crippen molar-refractivity contribution in [3.8, 4) is 0 Å². The molecule has 0 bridgehead atoms. The molecule has 5 nitrogen and oxygen atoms in total. The van der Waals surface area contributed by atoms with Crippen LogP contribution in [0.25, 0.3) is 0 Å². The van der Waals surface area contributed by atoms with Crippen molar-refractivity contribution in [3.63, 3.8) is 0 Å². The molecule has 2 rings (SSSR count). The molecule has 0 saturated carbocycles. The van der Waals surface area contributed by atoms with Gasteiger partial charge in [-0.2, -0.15) is 0 Å². The molecule has 0 aliphatic heterocycles. The number of nitrogens with one attached hydrogen (secondary N) is 1. The summed E-state index contributed by atoms with van der Waals surface area (Å²) in [7, 11) is 3.08. The van der Waals surface area contributed by atoms with Gasteiger partial charge in [0.05, 0.1) is 18.4 Å². The number of benzene rings is 2. The van der Waals surface area contributed by atoms with Crippen LogP contribution < -0.4 is 10.4 Å². The highest BCUT2D eigenvalue weighted by Gasteiger charge is 2.10. The minimum Gasteiger partial charge on any atom is -0.465 e. The van der Waals surface area contributed by atoms with Gasteiger partial charge < -0.3 is 4.74 Å². The molecule has 21 heavy (non-hydrogen) atoms. The highest BCUT2D eigenvalue weighted by atomic mass is 16.5. The minimum absolute atomic E-state index is 0.252. The van der Waals surface area contributed by atoms with Gasteiger partial charge in [0, 0.05) is 12.6 Å². The third kappa shape index (κ3) is 3.60. The Morgan fingerprint density at radius 3 is 2.10 bits per heavy atom. The SMILES string of the molecule is COC(=O)c1ccc(C(=O)NN(C)c2ccccc2)cc1. The van der Waals surface area contributed by atoms with Gasteiger partial charge >= 0.3 is 5.97 Å². The standard InChI is InChI=1S/C16H16N2O3/c1-18(14-6-4-3-5-7-14)17-15(19)12-8-10-13(11-9-12)16(20)21-2/h3-11H,1-2H3,(H,17,19). The van der Waals surface area contributed by atoms with Crippen molar-refractivity contribution in [1.29, 1.82) is 0 Å². The van der Waals surface area contributed by atoms with Crippen LogP contribution in [0.3, 0.4) is 0 Å². The first-order valence-electron chi connectivity index (χ1n) is 6.40. The van der Waals surface area contributed by atoms with Crippen LogP contribution in [0.2, 0.25) is 0 Å². The first-order chi connectivity index (χ1) is 10.1. The molecule has 108 valence electrons. The van der Waals surface area contributed by atoms with Crippen molar-refractivity contribution in [3.05, 3.63) is 65.7 Å². The maximum Gasteiger partial charge on any atom is 0.337 e. The lowest BCUT2D eigenvalue weighted by atomic mass is 10.1. The lowest BCUT2D eigenvalue weighted by Gasteiger charge is -2.20. The summed E-state index contributed by atoms with van der Waals surface area (Å²) in [5.41, 5.74) is 4.50. The Labute approximate surface area is 123 Å². The molecule has 2 aromatic carbocycles. The molecule has 1 N–H and O–H groups in total. The molecule has 1 amide bonds. The molecule has 0 atom stereocenters. The molecule has 0 aromatic heterocycles. The summed E-state index contributed by atoms with van der Waals surface area (Å²) in [6.07, 6.45) is 0. The average molecular weight is 284 g/mol. The van der Waals surface area contributed by atoms with Crippen LogP contribution in [0.15, 0.2) is 54.6 Å². The normalized spacial score (nSPS) is 9.81. The van der Waals surface area contributed by atoms with Crippen LogP contribution >= 0.6 is 0 Å². The predicted octanol–water partition coefficient (Wildman–Crippen LogP) is 2.25. The first kappa shape index (κ1) is 14.6. The molecule has 2 aromatic rings. The Hall–Kier alpha value is -2.82. The van der Waals surface area contributed by atoms with Gasteiger partial charge in [0.15, 0.2) is 0 Å². The summed E-state index contributed by atoms with van der Waals surface area (Å²) in [5.74, 6) is -0.680.